The van der Waals surface area contributed by atoms with Crippen LogP contribution < -0.4 is 5.32 Å². The number of hydrogen-bond donors (Lipinski definition) is 1. The van der Waals surface area contributed by atoms with E-state index in [1.54, 1.807) is 17.8 Å². The molecule has 1 N–H and O–H groups in total. The number of rotatable bonds is 4. The Balaban J connectivity index is 1.43. The quantitative estimate of drug-likeness (QED) is 0.782. The first-order chi connectivity index (χ1) is 11.9. The van der Waals surface area contributed by atoms with Crippen LogP contribution in [0.2, 0.25) is 0 Å². The summed E-state index contributed by atoms with van der Waals surface area (Å²) >= 11 is 0. The van der Waals surface area contributed by atoms with E-state index in [0.29, 0.717) is 30.1 Å². The van der Waals surface area contributed by atoms with Crippen LogP contribution in [-0.4, -0.2) is 36.1 Å². The largest absolute Gasteiger partial charge is 0.417 e. The summed E-state index contributed by atoms with van der Waals surface area (Å²) < 4.78 is 41.9. The number of nitrogens with one attached hydrogen (secondary N) is 1. The van der Waals surface area contributed by atoms with E-state index in [1.807, 2.05) is 10.9 Å². The zero-order chi connectivity index (χ0) is 17.6. The minimum absolute atomic E-state index is 0.230. The molecule has 0 aliphatic heterocycles. The molecule has 0 unspecified atom stereocenters. The molecule has 0 amide bonds. The Bertz CT molecular complexity index is 879. The number of anilines is 1. The number of fused-ring (bicyclic) bond motifs is 1. The fourth-order valence-electron chi connectivity index (χ4n) is 3.12. The molecule has 0 atom stereocenters. The topological polar surface area (TPSA) is 73.5 Å². The lowest BCUT2D eigenvalue weighted by atomic mass is 9.80. The van der Waals surface area contributed by atoms with Crippen LogP contribution in [0.25, 0.3) is 11.2 Å². The molecular formula is C15H16F3N7. The average Bonchev–Trinajstić information content (AvgIpc) is 3.14. The lowest BCUT2D eigenvalue weighted by Crippen LogP contribution is -2.32. The SMILES string of the molecule is Cn1c(NCC2CC(n3ccnn3)C2)nc2cc(C(F)(F)F)cnc21. The van der Waals surface area contributed by atoms with Crippen LogP contribution in [0, 0.1) is 5.92 Å². The van der Waals surface area contributed by atoms with E-state index in [4.69, 9.17) is 0 Å². The molecule has 10 heteroatoms. The van der Waals surface area contributed by atoms with Crippen LogP contribution in [0.4, 0.5) is 19.1 Å². The van der Waals surface area contributed by atoms with Gasteiger partial charge >= 0.3 is 6.18 Å². The molecule has 3 heterocycles. The molecule has 25 heavy (non-hydrogen) atoms. The van der Waals surface area contributed by atoms with E-state index in [2.05, 4.69) is 25.6 Å². The maximum absolute atomic E-state index is 12.8. The van der Waals surface area contributed by atoms with Gasteiger partial charge < -0.3 is 5.32 Å². The standard InChI is InChI=1S/C15H16F3N7/c1-24-13-12(6-10(8-19-13)15(16,17)18)22-14(24)20-7-9-4-11(5-9)25-3-2-21-23-25/h2-3,6,8-9,11H,4-5,7H2,1H3,(H,20,22). The molecule has 0 aromatic carbocycles. The van der Waals surface area contributed by atoms with Crippen molar-refractivity contribution >= 4 is 17.1 Å². The molecule has 0 radical (unpaired) electrons. The third-order valence-electron chi connectivity index (χ3n) is 4.61. The number of aryl methyl sites for hydroxylation is 1. The monoisotopic (exact) mass is 351 g/mol. The molecule has 4 rings (SSSR count). The van der Waals surface area contributed by atoms with E-state index in [0.717, 1.165) is 25.1 Å². The van der Waals surface area contributed by atoms with Crippen molar-refractivity contribution in [3.63, 3.8) is 0 Å². The van der Waals surface area contributed by atoms with Crippen molar-refractivity contribution in [2.75, 3.05) is 11.9 Å². The van der Waals surface area contributed by atoms with Crippen LogP contribution in [-0.2, 0) is 13.2 Å². The Morgan fingerprint density at radius 3 is 2.80 bits per heavy atom. The van der Waals surface area contributed by atoms with Gasteiger partial charge in [0.15, 0.2) is 5.65 Å². The van der Waals surface area contributed by atoms with Gasteiger partial charge in [-0.3, -0.25) is 4.57 Å². The highest BCUT2D eigenvalue weighted by atomic mass is 19.4. The molecule has 1 saturated carbocycles. The van der Waals surface area contributed by atoms with Crippen molar-refractivity contribution < 1.29 is 13.2 Å². The molecule has 7 nitrogen and oxygen atoms in total. The molecule has 1 fully saturated rings. The number of pyridine rings is 1. The van der Waals surface area contributed by atoms with Crippen LogP contribution in [0.15, 0.2) is 24.7 Å². The number of hydrogen-bond acceptors (Lipinski definition) is 5. The fraction of sp³-hybridized carbons (Fsp3) is 0.467. The highest BCUT2D eigenvalue weighted by Gasteiger charge is 2.32. The minimum Gasteiger partial charge on any atom is -0.355 e. The van der Waals surface area contributed by atoms with Crippen molar-refractivity contribution in [3.8, 4) is 0 Å². The van der Waals surface area contributed by atoms with Gasteiger partial charge in [-0.25, -0.2) is 14.6 Å². The van der Waals surface area contributed by atoms with E-state index in [9.17, 15) is 13.2 Å². The van der Waals surface area contributed by atoms with E-state index in [-0.39, 0.29) is 5.52 Å². The smallest absolute Gasteiger partial charge is 0.355 e. The third kappa shape index (κ3) is 2.92. The summed E-state index contributed by atoms with van der Waals surface area (Å²) in [6, 6.07) is 1.39. The minimum atomic E-state index is -4.42. The van der Waals surface area contributed by atoms with Gasteiger partial charge in [0.05, 0.1) is 17.8 Å². The highest BCUT2D eigenvalue weighted by Crippen LogP contribution is 2.37. The summed E-state index contributed by atoms with van der Waals surface area (Å²) in [5.41, 5.74) is -0.141. The zero-order valence-corrected chi connectivity index (χ0v) is 13.4. The average molecular weight is 351 g/mol. The number of aromatic nitrogens is 6. The maximum atomic E-state index is 12.8. The van der Waals surface area contributed by atoms with Gasteiger partial charge in [-0.15, -0.1) is 5.10 Å². The lowest BCUT2D eigenvalue weighted by molar-refractivity contribution is -0.137. The number of halogens is 3. The fourth-order valence-corrected chi connectivity index (χ4v) is 3.12. The summed E-state index contributed by atoms with van der Waals surface area (Å²) in [4.78, 5) is 8.14. The van der Waals surface area contributed by atoms with Crippen molar-refractivity contribution in [2.45, 2.75) is 25.1 Å². The molecule has 0 bridgehead atoms. The molecule has 3 aromatic heterocycles. The van der Waals surface area contributed by atoms with Crippen molar-refractivity contribution in [2.24, 2.45) is 13.0 Å². The van der Waals surface area contributed by atoms with Gasteiger partial charge in [-0.05, 0) is 24.8 Å². The highest BCUT2D eigenvalue weighted by molar-refractivity contribution is 5.75. The van der Waals surface area contributed by atoms with Gasteiger partial charge in [0.2, 0.25) is 5.95 Å². The van der Waals surface area contributed by atoms with Crippen LogP contribution in [0.1, 0.15) is 24.4 Å². The third-order valence-corrected chi connectivity index (χ3v) is 4.61. The van der Waals surface area contributed by atoms with Crippen molar-refractivity contribution in [1.82, 2.24) is 29.5 Å². The Labute approximate surface area is 140 Å². The first kappa shape index (κ1) is 15.9. The predicted octanol–water partition coefficient (Wildman–Crippen LogP) is 2.64. The first-order valence-corrected chi connectivity index (χ1v) is 7.91. The Morgan fingerprint density at radius 1 is 1.32 bits per heavy atom. The van der Waals surface area contributed by atoms with Crippen LogP contribution >= 0.6 is 0 Å². The van der Waals surface area contributed by atoms with E-state index >= 15 is 0 Å². The predicted molar refractivity (Wildman–Crippen MR) is 83.8 cm³/mol. The van der Waals surface area contributed by atoms with Crippen molar-refractivity contribution in [3.05, 3.63) is 30.2 Å². The Morgan fingerprint density at radius 2 is 2.12 bits per heavy atom. The molecule has 3 aromatic rings. The van der Waals surface area contributed by atoms with Gasteiger partial charge in [-0.2, -0.15) is 13.2 Å². The summed E-state index contributed by atoms with van der Waals surface area (Å²) in [5.74, 6) is 0.985. The normalized spacial score (nSPS) is 20.6. The first-order valence-electron chi connectivity index (χ1n) is 7.91. The summed E-state index contributed by atoms with van der Waals surface area (Å²) in [6.45, 7) is 0.703. The zero-order valence-electron chi connectivity index (χ0n) is 13.4. The van der Waals surface area contributed by atoms with Gasteiger partial charge in [0.25, 0.3) is 0 Å². The summed E-state index contributed by atoms with van der Waals surface area (Å²) in [5, 5.41) is 11.0. The van der Waals surface area contributed by atoms with Gasteiger partial charge in [-0.1, -0.05) is 5.21 Å². The molecular weight excluding hydrogens is 335 g/mol. The molecule has 0 saturated heterocycles. The molecule has 0 spiro atoms. The Hall–Kier alpha value is -2.65. The van der Waals surface area contributed by atoms with Gasteiger partial charge in [0.1, 0.15) is 5.52 Å². The van der Waals surface area contributed by atoms with Crippen LogP contribution in [0.5, 0.6) is 0 Å². The lowest BCUT2D eigenvalue weighted by Gasteiger charge is -2.35. The Kier molecular flexibility index (Phi) is 3.62. The number of alkyl halides is 3. The second kappa shape index (κ2) is 5.71. The van der Waals surface area contributed by atoms with E-state index in [1.165, 1.54) is 0 Å². The van der Waals surface area contributed by atoms with Crippen LogP contribution in [0.3, 0.4) is 0 Å². The molecule has 1 aliphatic rings. The maximum Gasteiger partial charge on any atom is 0.417 e. The molecule has 132 valence electrons. The van der Waals surface area contributed by atoms with Gasteiger partial charge in [0, 0.05) is 26.0 Å². The number of imidazole rings is 1. The van der Waals surface area contributed by atoms with Crippen molar-refractivity contribution in [1.29, 1.82) is 0 Å². The number of nitrogens with zero attached hydrogens (tertiary/aromatic N) is 6. The summed E-state index contributed by atoms with van der Waals surface area (Å²) in [6.07, 6.45) is 1.89. The second-order valence-electron chi connectivity index (χ2n) is 6.31. The molecule has 1 aliphatic carbocycles. The second-order valence-corrected chi connectivity index (χ2v) is 6.31. The van der Waals surface area contributed by atoms with E-state index < -0.39 is 11.7 Å². The summed E-state index contributed by atoms with van der Waals surface area (Å²) in [7, 11) is 1.73.